The highest BCUT2D eigenvalue weighted by Crippen LogP contribution is 2.36. The minimum atomic E-state index is -0.299. The van der Waals surface area contributed by atoms with Gasteiger partial charge < -0.3 is 9.47 Å². The first-order chi connectivity index (χ1) is 10.1. The summed E-state index contributed by atoms with van der Waals surface area (Å²) in [5.74, 6) is 0.997. The van der Waals surface area contributed by atoms with Gasteiger partial charge in [-0.05, 0) is 36.2 Å². The van der Waals surface area contributed by atoms with Gasteiger partial charge in [0, 0.05) is 15.4 Å². The van der Waals surface area contributed by atoms with E-state index in [-0.39, 0.29) is 10.6 Å². The number of methoxy groups -OCH3 is 2. The van der Waals surface area contributed by atoms with Crippen LogP contribution in [0, 0.1) is 5.82 Å². The predicted octanol–water partition coefficient (Wildman–Crippen LogP) is 5.18. The maximum absolute atomic E-state index is 13.8. The summed E-state index contributed by atoms with van der Waals surface area (Å²) in [7, 11) is 3.17. The number of benzene rings is 2. The van der Waals surface area contributed by atoms with Gasteiger partial charge in [-0.25, -0.2) is 4.39 Å². The third-order valence-electron chi connectivity index (χ3n) is 3.21. The van der Waals surface area contributed by atoms with Crippen molar-refractivity contribution in [2.75, 3.05) is 14.2 Å². The molecule has 0 aliphatic rings. The molecule has 0 bridgehead atoms. The molecule has 0 aliphatic heterocycles. The molecule has 1 atom stereocenters. The zero-order chi connectivity index (χ0) is 15.4. The topological polar surface area (TPSA) is 18.5 Å². The summed E-state index contributed by atoms with van der Waals surface area (Å²) in [6.45, 7) is 0. The highest BCUT2D eigenvalue weighted by atomic mass is 79.9. The van der Waals surface area contributed by atoms with Crippen molar-refractivity contribution in [3.63, 3.8) is 0 Å². The second-order valence-electron chi connectivity index (χ2n) is 4.49. The molecule has 0 amide bonds. The molecule has 0 radical (unpaired) electrons. The van der Waals surface area contributed by atoms with Gasteiger partial charge in [-0.1, -0.05) is 39.7 Å². The van der Waals surface area contributed by atoms with Crippen LogP contribution in [0.3, 0.4) is 0 Å². The smallest absolute Gasteiger partial charge is 0.161 e. The highest BCUT2D eigenvalue weighted by Gasteiger charge is 2.16. The van der Waals surface area contributed by atoms with Crippen LogP contribution in [0.25, 0.3) is 0 Å². The van der Waals surface area contributed by atoms with Gasteiger partial charge in [-0.2, -0.15) is 0 Å². The lowest BCUT2D eigenvalue weighted by molar-refractivity contribution is 0.354. The molecule has 0 spiro atoms. The van der Waals surface area contributed by atoms with Crippen molar-refractivity contribution in [2.24, 2.45) is 0 Å². The summed E-state index contributed by atoms with van der Waals surface area (Å²) in [6, 6.07) is 10.3. The summed E-state index contributed by atoms with van der Waals surface area (Å²) in [5, 5.41) is 0.430. The van der Waals surface area contributed by atoms with Crippen LogP contribution < -0.4 is 9.47 Å². The Labute approximate surface area is 137 Å². The van der Waals surface area contributed by atoms with E-state index in [4.69, 9.17) is 21.1 Å². The molecule has 0 saturated heterocycles. The maximum Gasteiger partial charge on any atom is 0.161 e. The number of rotatable bonds is 5. The summed E-state index contributed by atoms with van der Waals surface area (Å²) in [4.78, 5) is -0.0771. The quantitative estimate of drug-likeness (QED) is 0.673. The minimum Gasteiger partial charge on any atom is -0.493 e. The van der Waals surface area contributed by atoms with Crippen LogP contribution in [-0.4, -0.2) is 14.2 Å². The fraction of sp³-hybridized carbons (Fsp3) is 0.250. The van der Waals surface area contributed by atoms with E-state index in [9.17, 15) is 4.39 Å². The Morgan fingerprint density at radius 1 is 1.14 bits per heavy atom. The fourth-order valence-corrected chi connectivity index (χ4v) is 2.92. The molecule has 1 unspecified atom stereocenters. The molecule has 21 heavy (non-hydrogen) atoms. The molecule has 0 aromatic heterocycles. The van der Waals surface area contributed by atoms with Crippen molar-refractivity contribution >= 4 is 27.5 Å². The van der Waals surface area contributed by atoms with Gasteiger partial charge in [0.1, 0.15) is 5.82 Å². The molecular weight excluding hydrogens is 359 g/mol. The number of hydrogen-bond donors (Lipinski definition) is 0. The van der Waals surface area contributed by atoms with E-state index in [0.717, 1.165) is 5.56 Å². The normalized spacial score (nSPS) is 12.0. The van der Waals surface area contributed by atoms with Gasteiger partial charge in [0.25, 0.3) is 0 Å². The van der Waals surface area contributed by atoms with Crippen LogP contribution >= 0.6 is 27.5 Å². The van der Waals surface area contributed by atoms with E-state index in [1.165, 1.54) is 6.07 Å². The first kappa shape index (κ1) is 16.1. The van der Waals surface area contributed by atoms with Gasteiger partial charge in [-0.3, -0.25) is 0 Å². The van der Waals surface area contributed by atoms with Gasteiger partial charge >= 0.3 is 0 Å². The molecular formula is C16H15BrClFO2. The molecule has 2 aromatic carbocycles. The van der Waals surface area contributed by atoms with Gasteiger partial charge in [-0.15, -0.1) is 0 Å². The molecule has 0 N–H and O–H groups in total. The number of halogens is 3. The molecule has 0 aliphatic carbocycles. The maximum atomic E-state index is 13.8. The summed E-state index contributed by atoms with van der Waals surface area (Å²) < 4.78 is 24.3. The Balaban J connectivity index is 2.26. The zero-order valence-corrected chi connectivity index (χ0v) is 14.0. The van der Waals surface area contributed by atoms with Crippen molar-refractivity contribution in [2.45, 2.75) is 11.2 Å². The van der Waals surface area contributed by atoms with E-state index < -0.39 is 0 Å². The lowest BCUT2D eigenvalue weighted by atomic mass is 10.0. The molecule has 2 rings (SSSR count). The van der Waals surface area contributed by atoms with Crippen LogP contribution in [0.4, 0.5) is 4.39 Å². The van der Waals surface area contributed by atoms with Crippen LogP contribution in [0.15, 0.2) is 36.4 Å². The molecule has 0 fully saturated rings. The largest absolute Gasteiger partial charge is 0.493 e. The molecule has 2 nitrogen and oxygen atoms in total. The molecule has 5 heteroatoms. The van der Waals surface area contributed by atoms with Crippen molar-refractivity contribution in [3.8, 4) is 11.5 Å². The average Bonchev–Trinajstić information content (AvgIpc) is 2.50. The van der Waals surface area contributed by atoms with Gasteiger partial charge in [0.05, 0.1) is 14.2 Å². The van der Waals surface area contributed by atoms with E-state index in [1.54, 1.807) is 26.4 Å². The first-order valence-corrected chi connectivity index (χ1v) is 7.65. The minimum absolute atomic E-state index is 0.0771. The fourth-order valence-electron chi connectivity index (χ4n) is 2.07. The first-order valence-electron chi connectivity index (χ1n) is 6.35. The SMILES string of the molecule is COc1ccc(C(Br)Cc2c(F)cccc2Cl)cc1OC. The summed E-state index contributed by atoms with van der Waals surface area (Å²) in [6.07, 6.45) is 0.445. The second kappa shape index (κ2) is 7.14. The highest BCUT2D eigenvalue weighted by molar-refractivity contribution is 9.09. The van der Waals surface area contributed by atoms with Crippen LogP contribution in [0.2, 0.25) is 5.02 Å². The molecule has 2 aromatic rings. The van der Waals surface area contributed by atoms with Gasteiger partial charge in [0.15, 0.2) is 11.5 Å². The third kappa shape index (κ3) is 3.69. The number of hydrogen-bond acceptors (Lipinski definition) is 2. The zero-order valence-electron chi connectivity index (χ0n) is 11.7. The van der Waals surface area contributed by atoms with Crippen LogP contribution in [0.1, 0.15) is 16.0 Å². The predicted molar refractivity (Wildman–Crippen MR) is 86.3 cm³/mol. The van der Waals surface area contributed by atoms with Crippen LogP contribution in [0.5, 0.6) is 11.5 Å². The lowest BCUT2D eigenvalue weighted by Crippen LogP contribution is -2.00. The Morgan fingerprint density at radius 2 is 1.86 bits per heavy atom. The van der Waals surface area contributed by atoms with Crippen LogP contribution in [-0.2, 0) is 6.42 Å². The standard InChI is InChI=1S/C16H15BrClFO2/c1-20-15-7-6-10(8-16(15)21-2)12(17)9-11-13(18)4-3-5-14(11)19/h3-8,12H,9H2,1-2H3. The summed E-state index contributed by atoms with van der Waals surface area (Å²) >= 11 is 9.64. The monoisotopic (exact) mass is 372 g/mol. The van der Waals surface area contributed by atoms with Crippen molar-refractivity contribution in [1.29, 1.82) is 0 Å². The third-order valence-corrected chi connectivity index (χ3v) is 4.42. The average molecular weight is 374 g/mol. The number of alkyl halides is 1. The Kier molecular flexibility index (Phi) is 5.48. The van der Waals surface area contributed by atoms with E-state index in [2.05, 4.69) is 15.9 Å². The molecule has 112 valence electrons. The van der Waals surface area contributed by atoms with Crippen molar-refractivity contribution < 1.29 is 13.9 Å². The Morgan fingerprint density at radius 3 is 2.48 bits per heavy atom. The lowest BCUT2D eigenvalue weighted by Gasteiger charge is -2.15. The summed E-state index contributed by atoms with van der Waals surface area (Å²) in [5.41, 5.74) is 1.46. The van der Waals surface area contributed by atoms with E-state index in [1.807, 2.05) is 18.2 Å². The molecule has 0 heterocycles. The van der Waals surface area contributed by atoms with E-state index in [0.29, 0.717) is 28.5 Å². The second-order valence-corrected chi connectivity index (χ2v) is 6.00. The van der Waals surface area contributed by atoms with Crippen molar-refractivity contribution in [3.05, 3.63) is 58.4 Å². The van der Waals surface area contributed by atoms with E-state index >= 15 is 0 Å². The molecule has 0 saturated carbocycles. The Hall–Kier alpha value is -1.26. The Bertz CT molecular complexity index is 613. The van der Waals surface area contributed by atoms with Crippen molar-refractivity contribution in [1.82, 2.24) is 0 Å². The van der Waals surface area contributed by atoms with Gasteiger partial charge in [0.2, 0.25) is 0 Å². The number of ether oxygens (including phenoxy) is 2.